The van der Waals surface area contributed by atoms with Crippen LogP contribution < -0.4 is 15.4 Å². The fraction of sp³-hybridized carbons (Fsp3) is 0.611. The van der Waals surface area contributed by atoms with E-state index >= 15 is 0 Å². The molecule has 5 nitrogen and oxygen atoms in total. The Morgan fingerprint density at radius 3 is 2.71 bits per heavy atom. The van der Waals surface area contributed by atoms with Gasteiger partial charge >= 0.3 is 0 Å². The summed E-state index contributed by atoms with van der Waals surface area (Å²) in [7, 11) is 3.52. The molecule has 0 bridgehead atoms. The van der Waals surface area contributed by atoms with Gasteiger partial charge < -0.3 is 20.1 Å². The van der Waals surface area contributed by atoms with Gasteiger partial charge in [0.15, 0.2) is 5.96 Å². The Hall–Kier alpha value is -1.40. The van der Waals surface area contributed by atoms with Crippen molar-refractivity contribution in [3.05, 3.63) is 29.8 Å². The first kappa shape index (κ1) is 18.9. The second-order valence-electron chi connectivity index (χ2n) is 5.91. The zero-order valence-electron chi connectivity index (χ0n) is 14.9. The number of para-hydroxylation sites is 1. The molecule has 1 saturated heterocycles. The molecule has 1 aromatic carbocycles. The minimum Gasteiger partial charge on any atom is -0.496 e. The van der Waals surface area contributed by atoms with E-state index in [0.717, 1.165) is 57.3 Å². The van der Waals surface area contributed by atoms with E-state index in [1.54, 1.807) is 7.11 Å². The molecule has 134 valence electrons. The smallest absolute Gasteiger partial charge is 0.191 e. The zero-order valence-corrected chi connectivity index (χ0v) is 15.7. The Bertz CT molecular complexity index is 531. The second kappa shape index (κ2) is 9.79. The summed E-state index contributed by atoms with van der Waals surface area (Å²) >= 11 is 1.93. The number of nitrogens with zero attached hydrogens (tertiary/aromatic N) is 1. The molecule has 6 heteroatoms. The molecular weight excluding hydrogens is 322 g/mol. The predicted octanol–water partition coefficient (Wildman–Crippen LogP) is 2.31. The third-order valence-corrected chi connectivity index (χ3v) is 5.94. The van der Waals surface area contributed by atoms with Crippen LogP contribution in [-0.2, 0) is 11.2 Å². The standard InChI is InChI=1S/C18H29N3O2S/c1-19-17(21-14-18(24-3)9-12-23-13-10-18)20-11-8-15-6-4-5-7-16(15)22-2/h4-7H,8-14H2,1-3H3,(H2,19,20,21). The zero-order chi connectivity index (χ0) is 17.3. The van der Waals surface area contributed by atoms with Crippen LogP contribution in [0.5, 0.6) is 5.75 Å². The topological polar surface area (TPSA) is 54.9 Å². The molecule has 0 radical (unpaired) electrons. The van der Waals surface area contributed by atoms with Crippen molar-refractivity contribution >= 4 is 17.7 Å². The number of guanidine groups is 1. The molecular formula is C18H29N3O2S. The lowest BCUT2D eigenvalue weighted by molar-refractivity contribution is 0.0783. The van der Waals surface area contributed by atoms with E-state index in [9.17, 15) is 0 Å². The van der Waals surface area contributed by atoms with Crippen LogP contribution in [0.3, 0.4) is 0 Å². The molecule has 24 heavy (non-hydrogen) atoms. The second-order valence-corrected chi connectivity index (χ2v) is 7.19. The van der Waals surface area contributed by atoms with Gasteiger partial charge in [0.05, 0.1) is 7.11 Å². The lowest BCUT2D eigenvalue weighted by Crippen LogP contribution is -2.48. The number of benzene rings is 1. The van der Waals surface area contributed by atoms with E-state index < -0.39 is 0 Å². The largest absolute Gasteiger partial charge is 0.496 e. The third kappa shape index (κ3) is 5.31. The Morgan fingerprint density at radius 1 is 1.29 bits per heavy atom. The van der Waals surface area contributed by atoms with Crippen molar-refractivity contribution in [1.29, 1.82) is 0 Å². The highest BCUT2D eigenvalue weighted by molar-refractivity contribution is 8.00. The minimum atomic E-state index is 0.249. The number of hydrogen-bond acceptors (Lipinski definition) is 4. The van der Waals surface area contributed by atoms with E-state index in [1.165, 1.54) is 5.56 Å². The number of methoxy groups -OCH3 is 1. The highest BCUT2D eigenvalue weighted by atomic mass is 32.2. The van der Waals surface area contributed by atoms with E-state index in [2.05, 4.69) is 27.9 Å². The van der Waals surface area contributed by atoms with Gasteiger partial charge in [-0.15, -0.1) is 0 Å². The van der Waals surface area contributed by atoms with Gasteiger partial charge in [-0.05, 0) is 37.1 Å². The molecule has 1 aliphatic rings. The van der Waals surface area contributed by atoms with Gasteiger partial charge in [0.1, 0.15) is 5.75 Å². The lowest BCUT2D eigenvalue weighted by atomic mass is 9.99. The van der Waals surface area contributed by atoms with Gasteiger partial charge in [-0.25, -0.2) is 0 Å². The molecule has 2 rings (SSSR count). The highest BCUT2D eigenvalue weighted by Gasteiger charge is 2.31. The average molecular weight is 352 g/mol. The maximum absolute atomic E-state index is 5.50. The number of hydrogen-bond donors (Lipinski definition) is 2. The lowest BCUT2D eigenvalue weighted by Gasteiger charge is -2.36. The van der Waals surface area contributed by atoms with Crippen LogP contribution in [0.4, 0.5) is 0 Å². The van der Waals surface area contributed by atoms with Crippen molar-refractivity contribution in [3.8, 4) is 5.75 Å². The fourth-order valence-corrected chi connectivity index (χ4v) is 3.68. The van der Waals surface area contributed by atoms with Crippen LogP contribution in [0.1, 0.15) is 18.4 Å². The van der Waals surface area contributed by atoms with Gasteiger partial charge in [0, 0.05) is 38.1 Å². The molecule has 1 aliphatic heterocycles. The highest BCUT2D eigenvalue weighted by Crippen LogP contribution is 2.32. The summed E-state index contributed by atoms with van der Waals surface area (Å²) in [6.45, 7) is 3.42. The molecule has 1 heterocycles. The molecule has 0 atom stereocenters. The van der Waals surface area contributed by atoms with E-state index in [0.29, 0.717) is 0 Å². The molecule has 1 aromatic rings. The number of thioether (sulfide) groups is 1. The fourth-order valence-electron chi connectivity index (χ4n) is 2.89. The quantitative estimate of drug-likeness (QED) is 0.583. The van der Waals surface area contributed by atoms with Crippen molar-refractivity contribution < 1.29 is 9.47 Å². The average Bonchev–Trinajstić information content (AvgIpc) is 2.65. The normalized spacial score (nSPS) is 17.4. The summed E-state index contributed by atoms with van der Waals surface area (Å²) in [6.07, 6.45) is 5.25. The molecule has 0 saturated carbocycles. The molecule has 0 spiro atoms. The van der Waals surface area contributed by atoms with E-state index in [1.807, 2.05) is 37.0 Å². The van der Waals surface area contributed by atoms with Gasteiger partial charge in [0.2, 0.25) is 0 Å². The first-order chi connectivity index (χ1) is 11.7. The van der Waals surface area contributed by atoms with E-state index in [4.69, 9.17) is 9.47 Å². The van der Waals surface area contributed by atoms with Crippen LogP contribution in [0.2, 0.25) is 0 Å². The SMILES string of the molecule is CN=C(NCCc1ccccc1OC)NCC1(SC)CCOCC1. The van der Waals surface area contributed by atoms with Gasteiger partial charge in [-0.1, -0.05) is 18.2 Å². The van der Waals surface area contributed by atoms with Gasteiger partial charge in [-0.2, -0.15) is 11.8 Å². The van der Waals surface area contributed by atoms with Crippen molar-refractivity contribution in [2.75, 3.05) is 46.7 Å². The predicted molar refractivity (Wildman–Crippen MR) is 102 cm³/mol. The number of rotatable bonds is 7. The van der Waals surface area contributed by atoms with E-state index in [-0.39, 0.29) is 4.75 Å². The first-order valence-corrected chi connectivity index (χ1v) is 9.65. The van der Waals surface area contributed by atoms with Crippen LogP contribution in [0.25, 0.3) is 0 Å². The summed E-state index contributed by atoms with van der Waals surface area (Å²) < 4.78 is 11.1. The monoisotopic (exact) mass is 351 g/mol. The van der Waals surface area contributed by atoms with Crippen LogP contribution in [0, 0.1) is 0 Å². The maximum atomic E-state index is 5.50. The Morgan fingerprint density at radius 2 is 2.04 bits per heavy atom. The molecule has 1 fully saturated rings. The Labute approximate surface area is 149 Å². The maximum Gasteiger partial charge on any atom is 0.191 e. The minimum absolute atomic E-state index is 0.249. The van der Waals surface area contributed by atoms with Crippen molar-refractivity contribution in [2.45, 2.75) is 24.0 Å². The Balaban J connectivity index is 1.80. The first-order valence-electron chi connectivity index (χ1n) is 8.42. The molecule has 0 aromatic heterocycles. The van der Waals surface area contributed by atoms with Gasteiger partial charge in [-0.3, -0.25) is 4.99 Å². The number of nitrogens with one attached hydrogen (secondary N) is 2. The molecule has 2 N–H and O–H groups in total. The van der Waals surface area contributed by atoms with Crippen molar-refractivity contribution in [3.63, 3.8) is 0 Å². The summed E-state index contributed by atoms with van der Waals surface area (Å²) in [4.78, 5) is 4.33. The van der Waals surface area contributed by atoms with Crippen molar-refractivity contribution in [2.24, 2.45) is 4.99 Å². The summed E-state index contributed by atoms with van der Waals surface area (Å²) in [5.41, 5.74) is 1.20. The molecule has 0 aliphatic carbocycles. The third-order valence-electron chi connectivity index (χ3n) is 4.52. The molecule has 0 unspecified atom stereocenters. The van der Waals surface area contributed by atoms with Crippen LogP contribution in [0.15, 0.2) is 29.3 Å². The van der Waals surface area contributed by atoms with Crippen molar-refractivity contribution in [1.82, 2.24) is 10.6 Å². The number of aliphatic imine (C=N–C) groups is 1. The van der Waals surface area contributed by atoms with Gasteiger partial charge in [0.25, 0.3) is 0 Å². The Kier molecular flexibility index (Phi) is 7.72. The summed E-state index contributed by atoms with van der Waals surface area (Å²) in [5, 5.41) is 6.87. The number of ether oxygens (including phenoxy) is 2. The van der Waals surface area contributed by atoms with Crippen LogP contribution >= 0.6 is 11.8 Å². The summed E-state index contributed by atoms with van der Waals surface area (Å²) in [5.74, 6) is 1.79. The van der Waals surface area contributed by atoms with Crippen LogP contribution in [-0.4, -0.2) is 57.4 Å². The summed E-state index contributed by atoms with van der Waals surface area (Å²) in [6, 6.07) is 8.13. The molecule has 0 amide bonds.